The van der Waals surface area contributed by atoms with Gasteiger partial charge in [-0.1, -0.05) is 11.3 Å². The predicted octanol–water partition coefficient (Wildman–Crippen LogP) is 4.62. The van der Waals surface area contributed by atoms with Gasteiger partial charge in [0.25, 0.3) is 5.91 Å². The lowest BCUT2D eigenvalue weighted by Gasteiger charge is -2.31. The molecule has 7 nitrogen and oxygen atoms in total. The number of carbonyl (C=O) groups excluding carboxylic acids is 2. The van der Waals surface area contributed by atoms with E-state index in [9.17, 15) is 22.8 Å². The lowest BCUT2D eigenvalue weighted by molar-refractivity contribution is 0.102. The highest BCUT2D eigenvalue weighted by Gasteiger charge is 2.28. The quantitative estimate of drug-likeness (QED) is 0.594. The van der Waals surface area contributed by atoms with Gasteiger partial charge < -0.3 is 15.5 Å². The third kappa shape index (κ3) is 5.05. The molecule has 1 aromatic heterocycles. The second-order valence-electron chi connectivity index (χ2n) is 7.25. The van der Waals surface area contributed by atoms with Crippen molar-refractivity contribution < 1.29 is 22.8 Å². The Morgan fingerprint density at radius 2 is 1.75 bits per heavy atom. The van der Waals surface area contributed by atoms with Crippen LogP contribution in [0.2, 0.25) is 0 Å². The smallest absolute Gasteiger partial charge is 0.321 e. The van der Waals surface area contributed by atoms with Crippen molar-refractivity contribution in [2.24, 2.45) is 0 Å². The Morgan fingerprint density at radius 1 is 1.00 bits per heavy atom. The lowest BCUT2D eigenvalue weighted by Crippen LogP contribution is -2.41. The number of urea groups is 1. The van der Waals surface area contributed by atoms with E-state index in [4.69, 9.17) is 0 Å². The van der Waals surface area contributed by atoms with Gasteiger partial charge in [-0.15, -0.1) is 10.2 Å². The zero-order chi connectivity index (χ0) is 22.7. The van der Waals surface area contributed by atoms with Crippen molar-refractivity contribution in [3.05, 3.63) is 69.9 Å². The first-order valence-corrected chi connectivity index (χ1v) is 10.6. The molecular weight excluding hydrogens is 443 g/mol. The van der Waals surface area contributed by atoms with Gasteiger partial charge in [0, 0.05) is 30.8 Å². The van der Waals surface area contributed by atoms with Crippen molar-refractivity contribution in [3.63, 3.8) is 0 Å². The number of likely N-dealkylation sites (tertiary alicyclic amines) is 1. The van der Waals surface area contributed by atoms with Gasteiger partial charge >= 0.3 is 6.03 Å². The van der Waals surface area contributed by atoms with Crippen molar-refractivity contribution in [2.75, 3.05) is 23.7 Å². The summed E-state index contributed by atoms with van der Waals surface area (Å²) in [5, 5.41) is 13.8. The van der Waals surface area contributed by atoms with Crippen LogP contribution >= 0.6 is 11.3 Å². The van der Waals surface area contributed by atoms with Crippen molar-refractivity contribution in [3.8, 4) is 0 Å². The number of rotatable bonds is 4. The molecule has 0 radical (unpaired) electrons. The number of nitrogens with one attached hydrogen (secondary N) is 2. The highest BCUT2D eigenvalue weighted by atomic mass is 32.1. The Balaban J connectivity index is 1.39. The van der Waals surface area contributed by atoms with E-state index in [1.807, 2.05) is 0 Å². The number of nitrogens with zero attached hydrogens (tertiary/aromatic N) is 3. The first kappa shape index (κ1) is 21.8. The number of hydrogen-bond acceptors (Lipinski definition) is 5. The molecule has 1 saturated heterocycles. The maximum absolute atomic E-state index is 13.8. The van der Waals surface area contributed by atoms with E-state index in [2.05, 4.69) is 20.8 Å². The van der Waals surface area contributed by atoms with Crippen LogP contribution in [-0.4, -0.2) is 40.1 Å². The number of halogens is 3. The summed E-state index contributed by atoms with van der Waals surface area (Å²) in [7, 11) is 0. The molecule has 3 amide bonds. The van der Waals surface area contributed by atoms with Crippen LogP contribution in [0.25, 0.3) is 0 Å². The number of hydrogen-bond donors (Lipinski definition) is 2. The SMILES string of the molecule is O=C(Nc1ccc(F)cc1)c1nnc([C@@H]2CCCN(C(=O)Nc3cc(F)ccc3F)C2)s1. The number of aromatic nitrogens is 2. The summed E-state index contributed by atoms with van der Waals surface area (Å²) >= 11 is 1.12. The highest BCUT2D eigenvalue weighted by Crippen LogP contribution is 2.30. The molecule has 166 valence electrons. The Kier molecular flexibility index (Phi) is 6.35. The second-order valence-corrected chi connectivity index (χ2v) is 8.26. The van der Waals surface area contributed by atoms with Gasteiger partial charge in [-0.2, -0.15) is 0 Å². The monoisotopic (exact) mass is 461 g/mol. The normalized spacial score (nSPS) is 16.0. The van der Waals surface area contributed by atoms with E-state index in [0.29, 0.717) is 30.2 Å². The van der Waals surface area contributed by atoms with Crippen LogP contribution in [0.4, 0.5) is 29.3 Å². The minimum Gasteiger partial charge on any atom is -0.324 e. The summed E-state index contributed by atoms with van der Waals surface area (Å²) in [5.74, 6) is -2.40. The van der Waals surface area contributed by atoms with Crippen molar-refractivity contribution in [1.29, 1.82) is 0 Å². The average Bonchev–Trinajstić information content (AvgIpc) is 3.28. The van der Waals surface area contributed by atoms with Gasteiger partial charge in [0.2, 0.25) is 5.01 Å². The van der Waals surface area contributed by atoms with E-state index in [1.165, 1.54) is 29.2 Å². The van der Waals surface area contributed by atoms with Crippen molar-refractivity contribution >= 4 is 34.6 Å². The summed E-state index contributed by atoms with van der Waals surface area (Å²) in [6.07, 6.45) is 1.42. The number of piperidine rings is 1. The van der Waals surface area contributed by atoms with Crippen LogP contribution in [0.15, 0.2) is 42.5 Å². The largest absolute Gasteiger partial charge is 0.324 e. The third-order valence-corrected chi connectivity index (χ3v) is 6.05. The van der Waals surface area contributed by atoms with Crippen LogP contribution in [0.5, 0.6) is 0 Å². The molecule has 2 aromatic carbocycles. The van der Waals surface area contributed by atoms with Crippen LogP contribution in [0.3, 0.4) is 0 Å². The number of anilines is 2. The molecule has 11 heteroatoms. The van der Waals surface area contributed by atoms with Gasteiger partial charge in [-0.3, -0.25) is 4.79 Å². The highest BCUT2D eigenvalue weighted by molar-refractivity contribution is 7.13. The van der Waals surface area contributed by atoms with E-state index >= 15 is 0 Å². The van der Waals surface area contributed by atoms with Crippen LogP contribution in [0, 0.1) is 17.5 Å². The molecule has 2 heterocycles. The van der Waals surface area contributed by atoms with E-state index < -0.39 is 29.4 Å². The van der Waals surface area contributed by atoms with Gasteiger partial charge in [0.05, 0.1) is 5.69 Å². The maximum Gasteiger partial charge on any atom is 0.321 e. The Morgan fingerprint density at radius 3 is 2.53 bits per heavy atom. The van der Waals surface area contributed by atoms with E-state index in [0.717, 1.165) is 36.0 Å². The maximum atomic E-state index is 13.8. The van der Waals surface area contributed by atoms with Crippen LogP contribution < -0.4 is 10.6 Å². The number of benzene rings is 2. The average molecular weight is 461 g/mol. The molecule has 3 aromatic rings. The van der Waals surface area contributed by atoms with Crippen molar-refractivity contribution in [1.82, 2.24) is 15.1 Å². The Labute approximate surface area is 185 Å². The first-order chi connectivity index (χ1) is 15.4. The zero-order valence-electron chi connectivity index (χ0n) is 16.6. The topological polar surface area (TPSA) is 87.2 Å². The molecular formula is C21H18F3N5O2S. The molecule has 0 spiro atoms. The fourth-order valence-corrected chi connectivity index (χ4v) is 4.22. The summed E-state index contributed by atoms with van der Waals surface area (Å²) < 4.78 is 40.2. The molecule has 1 fully saturated rings. The molecule has 32 heavy (non-hydrogen) atoms. The fraction of sp³-hybridized carbons (Fsp3) is 0.238. The van der Waals surface area contributed by atoms with Gasteiger partial charge in [0.1, 0.15) is 22.5 Å². The second kappa shape index (κ2) is 9.35. The van der Waals surface area contributed by atoms with Crippen LogP contribution in [0.1, 0.15) is 33.6 Å². The molecule has 0 saturated carbocycles. The molecule has 4 rings (SSSR count). The molecule has 1 atom stereocenters. The zero-order valence-corrected chi connectivity index (χ0v) is 17.5. The molecule has 0 aliphatic carbocycles. The minimum atomic E-state index is -0.728. The summed E-state index contributed by atoms with van der Waals surface area (Å²) in [6, 6.07) is 7.65. The van der Waals surface area contributed by atoms with Crippen molar-refractivity contribution in [2.45, 2.75) is 18.8 Å². The van der Waals surface area contributed by atoms with Gasteiger partial charge in [-0.25, -0.2) is 18.0 Å². The lowest BCUT2D eigenvalue weighted by atomic mass is 9.99. The molecule has 1 aliphatic heterocycles. The Hall–Kier alpha value is -3.47. The first-order valence-electron chi connectivity index (χ1n) is 9.80. The Bertz CT molecular complexity index is 1140. The fourth-order valence-electron chi connectivity index (χ4n) is 3.36. The summed E-state index contributed by atoms with van der Waals surface area (Å²) in [4.78, 5) is 26.4. The molecule has 0 unspecified atom stereocenters. The van der Waals surface area contributed by atoms with Gasteiger partial charge in [-0.05, 0) is 49.2 Å². The molecule has 0 bridgehead atoms. The molecule has 2 N–H and O–H groups in total. The predicted molar refractivity (Wildman–Crippen MR) is 113 cm³/mol. The van der Waals surface area contributed by atoms with E-state index in [1.54, 1.807) is 0 Å². The standard InChI is InChI=1S/C21H18F3N5O2S/c22-13-3-6-15(7-4-13)25-18(30)20-28-27-19(32-20)12-2-1-9-29(11-12)21(31)26-17-10-14(23)5-8-16(17)24/h3-8,10,12H,1-2,9,11H2,(H,25,30)(H,26,31)/t12-/m1/s1. The molecule has 1 aliphatic rings. The number of amides is 3. The summed E-state index contributed by atoms with van der Waals surface area (Å²) in [6.45, 7) is 0.757. The van der Waals surface area contributed by atoms with Gasteiger partial charge in [0.15, 0.2) is 0 Å². The third-order valence-electron chi connectivity index (χ3n) is 4.96. The summed E-state index contributed by atoms with van der Waals surface area (Å²) in [5.41, 5.74) is 0.200. The number of carbonyl (C=O) groups is 2. The van der Waals surface area contributed by atoms with Crippen LogP contribution in [-0.2, 0) is 0 Å². The van der Waals surface area contributed by atoms with E-state index in [-0.39, 0.29) is 16.6 Å². The minimum absolute atomic E-state index is 0.142.